The van der Waals surface area contributed by atoms with Crippen molar-refractivity contribution in [3.63, 3.8) is 0 Å². The maximum atomic E-state index is 15.4. The van der Waals surface area contributed by atoms with E-state index in [1.807, 2.05) is 0 Å². The van der Waals surface area contributed by atoms with Gasteiger partial charge in [-0.3, -0.25) is 9.59 Å². The number of alkyl halides is 3. The van der Waals surface area contributed by atoms with Crippen molar-refractivity contribution in [3.8, 4) is 11.1 Å². The van der Waals surface area contributed by atoms with Crippen LogP contribution in [0.2, 0.25) is 0 Å². The van der Waals surface area contributed by atoms with Gasteiger partial charge in [0.1, 0.15) is 6.50 Å². The summed E-state index contributed by atoms with van der Waals surface area (Å²) in [5.74, 6) is -5.15. The van der Waals surface area contributed by atoms with Gasteiger partial charge in [0.25, 0.3) is 0 Å². The second-order valence-corrected chi connectivity index (χ2v) is 12.5. The van der Waals surface area contributed by atoms with E-state index in [1.165, 1.54) is 12.1 Å². The number of halogens is 5. The van der Waals surface area contributed by atoms with Gasteiger partial charge in [0, 0.05) is 67.3 Å². The van der Waals surface area contributed by atoms with Crippen LogP contribution in [0.4, 0.5) is 22.0 Å². The lowest BCUT2D eigenvalue weighted by atomic mass is 10.00. The van der Waals surface area contributed by atoms with E-state index in [0.717, 1.165) is 60.4 Å². The summed E-state index contributed by atoms with van der Waals surface area (Å²) in [5, 5.41) is -2.04. The van der Waals surface area contributed by atoms with E-state index >= 15 is 9.18 Å². The Balaban J connectivity index is 1.56. The van der Waals surface area contributed by atoms with Gasteiger partial charge >= 0.3 is 6.18 Å². The molecule has 0 radical (unpaired) electrons. The SMILES string of the molecule is [2H]c1c(C)c([2H])c2c(=O)c([2H])c(SC([2H])([2H])c3cccc(F)c3F)n(C([2H])([2H])C(=O)N(C3CCN(C([2H])([2H])C([2H])([2H])OC([2H])([2H])[2H])CC3)C([2H])([2H])c3ccc(-c4ccc(C(F)(F)F)cc4)cc3)c2c1[2H]. The van der Waals surface area contributed by atoms with Crippen molar-refractivity contribution in [2.75, 3.05) is 33.2 Å². The molecule has 1 saturated heterocycles. The van der Waals surface area contributed by atoms with E-state index in [2.05, 4.69) is 4.74 Å². The highest BCUT2D eigenvalue weighted by molar-refractivity contribution is 7.98. The number of nitrogens with zero attached hydrogens (tertiary/aromatic N) is 3. The number of pyridine rings is 1. The van der Waals surface area contributed by atoms with Gasteiger partial charge in [-0.1, -0.05) is 60.1 Å². The molecule has 0 spiro atoms. The summed E-state index contributed by atoms with van der Waals surface area (Å²) in [4.78, 5) is 30.6. The molecular weight excluding hydrogens is 710 g/mol. The summed E-state index contributed by atoms with van der Waals surface area (Å²) < 4.78 is 221. The van der Waals surface area contributed by atoms with Crippen LogP contribution in [0.5, 0.6) is 0 Å². The van der Waals surface area contributed by atoms with Crippen LogP contribution in [0.1, 0.15) is 58.4 Å². The van der Waals surface area contributed by atoms with E-state index in [4.69, 9.17) is 17.8 Å². The number of amides is 1. The second kappa shape index (κ2) is 16.7. The Morgan fingerprint density at radius 2 is 1.72 bits per heavy atom. The zero-order chi connectivity index (χ0) is 52.6. The molecule has 0 atom stereocenters. The molecule has 0 unspecified atom stereocenters. The van der Waals surface area contributed by atoms with Crippen molar-refractivity contribution < 1.29 is 54.8 Å². The summed E-state index contributed by atoms with van der Waals surface area (Å²) >= 11 is -0.271. The molecule has 1 aliphatic rings. The molecule has 1 fully saturated rings. The molecule has 6 nitrogen and oxygen atoms in total. The Bertz CT molecular complexity index is 2890. The molecule has 6 rings (SSSR count). The Hall–Kier alpha value is -4.52. The average Bonchev–Trinajstić information content (AvgIpc) is 3.26. The highest BCUT2D eigenvalue weighted by Gasteiger charge is 2.31. The Kier molecular flexibility index (Phi) is 6.91. The summed E-state index contributed by atoms with van der Waals surface area (Å²) in [6.45, 7) is -13.8. The van der Waals surface area contributed by atoms with Crippen LogP contribution in [0.25, 0.3) is 22.0 Å². The second-order valence-electron chi connectivity index (χ2n) is 11.7. The fourth-order valence-corrected chi connectivity index (χ4v) is 6.25. The van der Waals surface area contributed by atoms with E-state index in [1.54, 1.807) is 0 Å². The van der Waals surface area contributed by atoms with Crippen LogP contribution in [0, 0.1) is 18.6 Å². The smallest absolute Gasteiger partial charge is 0.383 e. The fraction of sp³-hybridized carbons (Fsp3) is 0.317. The molecule has 5 aromatic rings. The zero-order valence-electron chi connectivity index (χ0n) is 44.6. The normalized spacial score (nSPS) is 20.5. The van der Waals surface area contributed by atoms with Crippen LogP contribution in [-0.2, 0) is 34.4 Å². The number of piperidine rings is 1. The lowest BCUT2D eigenvalue weighted by molar-refractivity contribution is -0.137. The van der Waals surface area contributed by atoms with E-state index in [-0.39, 0.29) is 33.0 Å². The van der Waals surface area contributed by atoms with Gasteiger partial charge in [0.2, 0.25) is 5.91 Å². The van der Waals surface area contributed by atoms with Gasteiger partial charge in [0.05, 0.1) is 40.5 Å². The largest absolute Gasteiger partial charge is 0.416 e. The summed E-state index contributed by atoms with van der Waals surface area (Å²) in [6, 6.07) is 5.69. The third-order valence-corrected chi connectivity index (χ3v) is 8.99. The minimum absolute atomic E-state index is 0.150. The van der Waals surface area contributed by atoms with Crippen molar-refractivity contribution in [2.45, 2.75) is 55.7 Å². The van der Waals surface area contributed by atoms with Gasteiger partial charge in [-0.2, -0.15) is 13.2 Å². The first-order valence-electron chi connectivity index (χ1n) is 24.4. The standard InChI is InChI=1S/C41H40F5N3O3S/c1-27-6-15-36-34(22-27)37(50)23-39(53-26-31-4-3-5-35(42)40(31)43)49(36)25-38(51)48(33-16-18-47(19-17-33)20-21-52-2)24-28-7-9-29(10-8-28)30-11-13-32(14-12-30)41(44,45)46/h3-15,22-23,33H,16-21,24-26H2,1-2H3/i2D3,6D,15D,20D2,21D2,22D,23D,24D2,25D2,26D2. The van der Waals surface area contributed by atoms with Gasteiger partial charge in [-0.25, -0.2) is 8.78 Å². The first kappa shape index (κ1) is 22.0. The third kappa shape index (κ3) is 9.17. The lowest BCUT2D eigenvalue weighted by Gasteiger charge is -2.39. The number of methoxy groups -OCH3 is 1. The van der Waals surface area contributed by atoms with Gasteiger partial charge in [-0.15, -0.1) is 11.8 Å². The van der Waals surface area contributed by atoms with Gasteiger partial charge in [-0.05, 0) is 66.7 Å². The molecule has 0 aliphatic carbocycles. The lowest BCUT2D eigenvalue weighted by Crippen LogP contribution is -2.48. The van der Waals surface area contributed by atoms with Crippen molar-refractivity contribution in [2.24, 2.45) is 0 Å². The molecule has 2 heterocycles. The molecule has 1 aliphatic heterocycles. The quantitative estimate of drug-likeness (QED) is 0.0940. The van der Waals surface area contributed by atoms with Crippen molar-refractivity contribution in [3.05, 3.63) is 135 Å². The first-order chi connectivity index (χ1) is 32.0. The predicted octanol–water partition coefficient (Wildman–Crippen LogP) is 8.71. The molecule has 0 N–H and O–H groups in total. The number of carbonyl (C=O) groups excluding carboxylic acids is 1. The van der Waals surface area contributed by atoms with Crippen LogP contribution in [0.3, 0.4) is 0 Å². The van der Waals surface area contributed by atoms with E-state index < -0.39 is 157 Å². The fourth-order valence-electron chi connectivity index (χ4n) is 5.51. The minimum Gasteiger partial charge on any atom is -0.383 e. The molecule has 0 saturated carbocycles. The van der Waals surface area contributed by atoms with Crippen molar-refractivity contribution >= 4 is 28.6 Å². The molecular formula is C41H40F5N3O3S. The maximum absolute atomic E-state index is 15.4. The van der Waals surface area contributed by atoms with E-state index in [0.29, 0.717) is 11.0 Å². The van der Waals surface area contributed by atoms with Crippen molar-refractivity contribution in [1.29, 1.82) is 0 Å². The molecule has 278 valence electrons. The highest BCUT2D eigenvalue weighted by Crippen LogP contribution is 2.32. The Morgan fingerprint density at radius 3 is 2.40 bits per heavy atom. The zero-order valence-corrected chi connectivity index (χ0v) is 28.4. The number of thioether (sulfide) groups is 1. The van der Waals surface area contributed by atoms with Crippen LogP contribution in [-0.4, -0.2) is 59.5 Å². The number of likely N-dealkylation sites (tertiary alicyclic amines) is 1. The van der Waals surface area contributed by atoms with E-state index in [9.17, 15) is 27.8 Å². The van der Waals surface area contributed by atoms with Crippen LogP contribution in [0.15, 0.2) is 101 Å². The van der Waals surface area contributed by atoms with Crippen LogP contribution >= 0.6 is 11.8 Å². The van der Waals surface area contributed by atoms with Crippen LogP contribution < -0.4 is 5.43 Å². The number of fused-ring (bicyclic) bond motifs is 1. The number of hydrogen-bond donors (Lipinski definition) is 0. The molecule has 12 heteroatoms. The highest BCUT2D eigenvalue weighted by atomic mass is 32.2. The third-order valence-electron chi connectivity index (χ3n) is 8.19. The Labute approximate surface area is 333 Å². The summed E-state index contributed by atoms with van der Waals surface area (Å²) in [7, 11) is -3.41. The number of carbonyl (C=O) groups is 1. The monoisotopic (exact) mass is 766 g/mol. The molecule has 1 aromatic heterocycles. The van der Waals surface area contributed by atoms with Crippen molar-refractivity contribution in [1.82, 2.24) is 14.4 Å². The maximum Gasteiger partial charge on any atom is 0.416 e. The number of ether oxygens (including phenoxy) is 1. The number of benzene rings is 4. The molecule has 53 heavy (non-hydrogen) atoms. The summed E-state index contributed by atoms with van der Waals surface area (Å²) in [6.07, 6.45) is -5.68. The van der Waals surface area contributed by atoms with Gasteiger partial charge in [0.15, 0.2) is 17.1 Å². The average molecular weight is 767 g/mol. The number of rotatable bonds is 12. The predicted molar refractivity (Wildman–Crippen MR) is 198 cm³/mol. The molecule has 1 amide bonds. The number of hydrogen-bond acceptors (Lipinski definition) is 5. The summed E-state index contributed by atoms with van der Waals surface area (Å²) in [5.41, 5.74) is -7.83. The molecule has 0 bridgehead atoms. The minimum atomic E-state index is -4.66. The first-order valence-corrected chi connectivity index (χ1v) is 16.7. The molecule has 4 aromatic carbocycles. The van der Waals surface area contributed by atoms with Gasteiger partial charge < -0.3 is 19.1 Å². The number of aromatic nitrogens is 1. The topological polar surface area (TPSA) is 54.8 Å². The Morgan fingerprint density at radius 1 is 1.02 bits per heavy atom.